The third-order valence-electron chi connectivity index (χ3n) is 3.77. The van der Waals surface area contributed by atoms with Crippen LogP contribution in [0.15, 0.2) is 59.5 Å². The van der Waals surface area contributed by atoms with Gasteiger partial charge >= 0.3 is 0 Å². The lowest BCUT2D eigenvalue weighted by Gasteiger charge is -2.17. The van der Waals surface area contributed by atoms with Crippen LogP contribution in [0.5, 0.6) is 0 Å². The van der Waals surface area contributed by atoms with Gasteiger partial charge in [-0.2, -0.15) is 0 Å². The largest absolute Gasteiger partial charge is 0.349 e. The molecule has 0 saturated heterocycles. The van der Waals surface area contributed by atoms with Crippen LogP contribution in [-0.4, -0.2) is 26.1 Å². The molecule has 0 aliphatic heterocycles. The van der Waals surface area contributed by atoms with E-state index in [1.807, 2.05) is 6.92 Å². The van der Waals surface area contributed by atoms with Crippen molar-refractivity contribution in [1.29, 1.82) is 0 Å². The third kappa shape index (κ3) is 4.89. The molecule has 0 heterocycles. The number of sulfone groups is 1. The highest BCUT2D eigenvalue weighted by atomic mass is 32.2. The van der Waals surface area contributed by atoms with Crippen LogP contribution in [0.1, 0.15) is 30.1 Å². The Kier molecular flexibility index (Phi) is 6.09. The number of nitrogens with one attached hydrogen (secondary N) is 1. The van der Waals surface area contributed by atoms with Gasteiger partial charge in [0, 0.05) is 11.6 Å². The van der Waals surface area contributed by atoms with E-state index in [0.29, 0.717) is 18.4 Å². The number of hydrogen-bond acceptors (Lipinski definition) is 3. The van der Waals surface area contributed by atoms with Crippen molar-refractivity contribution in [3.8, 4) is 0 Å². The van der Waals surface area contributed by atoms with Gasteiger partial charge in [0.1, 0.15) is 5.82 Å². The maximum absolute atomic E-state index is 12.9. The molecule has 0 saturated carbocycles. The second-order valence-electron chi connectivity index (χ2n) is 5.51. The van der Waals surface area contributed by atoms with Gasteiger partial charge in [-0.25, -0.2) is 12.8 Å². The third-order valence-corrected chi connectivity index (χ3v) is 5.54. The number of carbonyl (C=O) groups excluding carboxylic acids is 1. The van der Waals surface area contributed by atoms with E-state index in [9.17, 15) is 17.6 Å². The molecule has 1 N–H and O–H groups in total. The average molecular weight is 349 g/mol. The molecule has 0 radical (unpaired) electrons. The number of halogens is 1. The minimum absolute atomic E-state index is 0.0424. The predicted octanol–water partition coefficient (Wildman–Crippen LogP) is 3.20. The van der Waals surface area contributed by atoms with Crippen LogP contribution in [0.4, 0.5) is 4.39 Å². The van der Waals surface area contributed by atoms with Crippen LogP contribution >= 0.6 is 0 Å². The van der Waals surface area contributed by atoms with Crippen molar-refractivity contribution in [2.24, 2.45) is 0 Å². The molecule has 0 bridgehead atoms. The highest BCUT2D eigenvalue weighted by Crippen LogP contribution is 2.13. The second-order valence-corrected chi connectivity index (χ2v) is 7.62. The van der Waals surface area contributed by atoms with Gasteiger partial charge in [-0.05, 0) is 49.2 Å². The molecule has 0 unspecified atom stereocenters. The van der Waals surface area contributed by atoms with Gasteiger partial charge in [0.25, 0.3) is 5.91 Å². The normalized spacial score (nSPS) is 12.6. The minimum atomic E-state index is -3.37. The lowest BCUT2D eigenvalue weighted by atomic mass is 10.1. The Morgan fingerprint density at radius 2 is 1.71 bits per heavy atom. The molecule has 24 heavy (non-hydrogen) atoms. The van der Waals surface area contributed by atoms with Crippen LogP contribution < -0.4 is 5.32 Å². The summed E-state index contributed by atoms with van der Waals surface area (Å²) in [5.41, 5.74) is 0.348. The molecule has 128 valence electrons. The van der Waals surface area contributed by atoms with Crippen molar-refractivity contribution in [3.05, 3.63) is 66.0 Å². The number of amides is 1. The molecule has 4 nitrogen and oxygen atoms in total. The van der Waals surface area contributed by atoms with Crippen molar-refractivity contribution in [3.63, 3.8) is 0 Å². The molecule has 0 aliphatic carbocycles. The summed E-state index contributed by atoms with van der Waals surface area (Å²) in [4.78, 5) is 12.4. The zero-order chi connectivity index (χ0) is 17.6. The minimum Gasteiger partial charge on any atom is -0.349 e. The van der Waals surface area contributed by atoms with Crippen LogP contribution in [0.3, 0.4) is 0 Å². The first-order chi connectivity index (χ1) is 11.4. The van der Waals surface area contributed by atoms with Gasteiger partial charge in [0.2, 0.25) is 0 Å². The van der Waals surface area contributed by atoms with Crippen molar-refractivity contribution in [1.82, 2.24) is 5.32 Å². The Morgan fingerprint density at radius 3 is 2.29 bits per heavy atom. The predicted molar refractivity (Wildman–Crippen MR) is 91.1 cm³/mol. The maximum Gasteiger partial charge on any atom is 0.251 e. The second kappa shape index (κ2) is 8.06. The monoisotopic (exact) mass is 349 g/mol. The van der Waals surface area contributed by atoms with Crippen LogP contribution in [0, 0.1) is 5.82 Å². The van der Waals surface area contributed by atoms with Crippen molar-refractivity contribution >= 4 is 15.7 Å². The Bertz CT molecular complexity index is 774. The SMILES string of the molecule is CC[C@H](CCS(=O)(=O)c1ccccc1)NC(=O)c1ccc(F)cc1. The summed E-state index contributed by atoms with van der Waals surface area (Å²) in [7, 11) is -3.37. The Balaban J connectivity index is 1.97. The molecule has 1 amide bonds. The van der Waals surface area contributed by atoms with Crippen LogP contribution in [0.2, 0.25) is 0 Å². The molecule has 2 rings (SSSR count). The Morgan fingerprint density at radius 1 is 1.08 bits per heavy atom. The van der Waals surface area contributed by atoms with E-state index in [1.54, 1.807) is 30.3 Å². The van der Waals surface area contributed by atoms with Gasteiger partial charge < -0.3 is 5.32 Å². The van der Waals surface area contributed by atoms with Crippen LogP contribution in [-0.2, 0) is 9.84 Å². The highest BCUT2D eigenvalue weighted by molar-refractivity contribution is 7.91. The summed E-state index contributed by atoms with van der Waals surface area (Å²) in [6, 6.07) is 13.2. The summed E-state index contributed by atoms with van der Waals surface area (Å²) in [5.74, 6) is -0.786. The molecule has 0 aromatic heterocycles. The number of benzene rings is 2. The lowest BCUT2D eigenvalue weighted by Crippen LogP contribution is -2.35. The van der Waals surface area contributed by atoms with E-state index in [-0.39, 0.29) is 22.6 Å². The molecule has 1 atom stereocenters. The number of carbonyl (C=O) groups is 1. The zero-order valence-electron chi connectivity index (χ0n) is 13.4. The molecular formula is C18H20FNO3S. The maximum atomic E-state index is 12.9. The van der Waals surface area contributed by atoms with Crippen LogP contribution in [0.25, 0.3) is 0 Å². The number of rotatable bonds is 7. The quantitative estimate of drug-likeness (QED) is 0.835. The van der Waals surface area contributed by atoms with Crippen molar-refractivity contribution in [2.75, 3.05) is 5.75 Å². The van der Waals surface area contributed by atoms with Crippen molar-refractivity contribution in [2.45, 2.75) is 30.7 Å². The van der Waals surface area contributed by atoms with E-state index in [2.05, 4.69) is 5.32 Å². The van der Waals surface area contributed by atoms with E-state index in [4.69, 9.17) is 0 Å². The molecule has 0 aliphatic rings. The molecule has 0 fully saturated rings. The smallest absolute Gasteiger partial charge is 0.251 e. The first kappa shape index (κ1) is 18.1. The number of hydrogen-bond donors (Lipinski definition) is 1. The van der Waals surface area contributed by atoms with Gasteiger partial charge in [-0.15, -0.1) is 0 Å². The average Bonchev–Trinajstić information content (AvgIpc) is 2.59. The zero-order valence-corrected chi connectivity index (χ0v) is 14.2. The first-order valence-electron chi connectivity index (χ1n) is 7.76. The molecular weight excluding hydrogens is 329 g/mol. The topological polar surface area (TPSA) is 63.2 Å². The van der Waals surface area contributed by atoms with E-state index >= 15 is 0 Å². The summed E-state index contributed by atoms with van der Waals surface area (Å²) in [6.45, 7) is 1.88. The summed E-state index contributed by atoms with van der Waals surface area (Å²) in [5, 5.41) is 2.80. The van der Waals surface area contributed by atoms with E-state index < -0.39 is 15.7 Å². The Hall–Kier alpha value is -2.21. The summed E-state index contributed by atoms with van der Waals surface area (Å²) < 4.78 is 37.5. The summed E-state index contributed by atoms with van der Waals surface area (Å²) >= 11 is 0. The summed E-state index contributed by atoms with van der Waals surface area (Å²) in [6.07, 6.45) is 0.928. The molecule has 2 aromatic rings. The molecule has 2 aromatic carbocycles. The van der Waals surface area contributed by atoms with Crippen molar-refractivity contribution < 1.29 is 17.6 Å². The van der Waals surface area contributed by atoms with Gasteiger partial charge in [-0.1, -0.05) is 25.1 Å². The standard InChI is InChI=1S/C18H20FNO3S/c1-2-16(20-18(21)14-8-10-15(19)11-9-14)12-13-24(22,23)17-6-4-3-5-7-17/h3-11,16H,2,12-13H2,1H3,(H,20,21)/t16-/m1/s1. The fourth-order valence-corrected chi connectivity index (χ4v) is 3.69. The van der Waals surface area contributed by atoms with E-state index in [0.717, 1.165) is 0 Å². The van der Waals surface area contributed by atoms with Gasteiger partial charge in [0.05, 0.1) is 10.6 Å². The fraction of sp³-hybridized carbons (Fsp3) is 0.278. The Labute approximate surface area is 141 Å². The first-order valence-corrected chi connectivity index (χ1v) is 9.42. The molecule has 0 spiro atoms. The van der Waals surface area contributed by atoms with Gasteiger partial charge in [-0.3, -0.25) is 4.79 Å². The fourth-order valence-electron chi connectivity index (χ4n) is 2.29. The van der Waals surface area contributed by atoms with Gasteiger partial charge in [0.15, 0.2) is 9.84 Å². The molecule has 6 heteroatoms. The van der Waals surface area contributed by atoms with E-state index in [1.165, 1.54) is 24.3 Å². The highest BCUT2D eigenvalue weighted by Gasteiger charge is 2.18. The lowest BCUT2D eigenvalue weighted by molar-refractivity contribution is 0.0935.